The lowest BCUT2D eigenvalue weighted by Gasteiger charge is -2.11. The minimum Gasteiger partial charge on any atom is -0.457 e. The maximum atomic E-state index is 5.91. The Hall–Kier alpha value is -1.91. The van der Waals surface area contributed by atoms with Crippen molar-refractivity contribution in [1.29, 1.82) is 0 Å². The van der Waals surface area contributed by atoms with Crippen LogP contribution in [-0.2, 0) is 17.9 Å². The van der Waals surface area contributed by atoms with Gasteiger partial charge in [-0.15, -0.1) is 0 Å². The van der Waals surface area contributed by atoms with Crippen molar-refractivity contribution in [2.75, 3.05) is 14.2 Å². The first-order valence-electron chi connectivity index (χ1n) is 6.16. The van der Waals surface area contributed by atoms with Crippen LogP contribution in [0, 0.1) is 0 Å². The summed E-state index contributed by atoms with van der Waals surface area (Å²) in [6.07, 6.45) is 3.54. The number of ether oxygens (including phenoxy) is 2. The first-order valence-corrected chi connectivity index (χ1v) is 6.16. The predicted octanol–water partition coefficient (Wildman–Crippen LogP) is 2.74. The van der Waals surface area contributed by atoms with E-state index in [2.05, 4.69) is 10.3 Å². The lowest BCUT2D eigenvalue weighted by molar-refractivity contribution is 0.184. The second-order valence-corrected chi connectivity index (χ2v) is 4.20. The van der Waals surface area contributed by atoms with Gasteiger partial charge in [-0.2, -0.15) is 0 Å². The third-order valence-corrected chi connectivity index (χ3v) is 2.66. The van der Waals surface area contributed by atoms with Crippen LogP contribution in [0.25, 0.3) is 0 Å². The molecule has 19 heavy (non-hydrogen) atoms. The molecule has 0 aliphatic carbocycles. The summed E-state index contributed by atoms with van der Waals surface area (Å²) in [5.41, 5.74) is 2.12. The molecule has 0 saturated heterocycles. The van der Waals surface area contributed by atoms with Crippen LogP contribution in [0.1, 0.15) is 11.1 Å². The molecule has 0 spiro atoms. The molecule has 2 aromatic rings. The lowest BCUT2D eigenvalue weighted by atomic mass is 10.2. The zero-order valence-corrected chi connectivity index (χ0v) is 11.2. The van der Waals surface area contributed by atoms with Gasteiger partial charge >= 0.3 is 0 Å². The molecule has 1 N–H and O–H groups in total. The second kappa shape index (κ2) is 6.87. The standard InChI is InChI=1S/C15H18N2O2/c1-16-9-13-10-17-7-6-15(13)19-14-5-3-4-12(8-14)11-18-2/h3-8,10,16H,9,11H2,1-2H3. The summed E-state index contributed by atoms with van der Waals surface area (Å²) in [7, 11) is 3.58. The molecule has 1 heterocycles. The van der Waals surface area contributed by atoms with Gasteiger partial charge in [0.25, 0.3) is 0 Å². The van der Waals surface area contributed by atoms with Crippen LogP contribution in [-0.4, -0.2) is 19.1 Å². The van der Waals surface area contributed by atoms with Crippen molar-refractivity contribution in [3.05, 3.63) is 53.9 Å². The predicted molar refractivity (Wildman–Crippen MR) is 74.2 cm³/mol. The summed E-state index contributed by atoms with van der Waals surface area (Å²) in [5, 5.41) is 3.10. The van der Waals surface area contributed by atoms with Gasteiger partial charge in [0.05, 0.1) is 6.61 Å². The Kier molecular flexibility index (Phi) is 4.89. The smallest absolute Gasteiger partial charge is 0.134 e. The lowest BCUT2D eigenvalue weighted by Crippen LogP contribution is -2.06. The molecule has 4 heteroatoms. The third kappa shape index (κ3) is 3.77. The Bertz CT molecular complexity index is 529. The molecule has 0 atom stereocenters. The van der Waals surface area contributed by atoms with E-state index in [4.69, 9.17) is 9.47 Å². The van der Waals surface area contributed by atoms with Gasteiger partial charge in [0.1, 0.15) is 11.5 Å². The molecule has 2 rings (SSSR count). The van der Waals surface area contributed by atoms with Crippen LogP contribution in [0.2, 0.25) is 0 Å². The fourth-order valence-electron chi connectivity index (χ4n) is 1.83. The summed E-state index contributed by atoms with van der Waals surface area (Å²) in [6.45, 7) is 1.30. The highest BCUT2D eigenvalue weighted by atomic mass is 16.5. The molecule has 0 amide bonds. The fourth-order valence-corrected chi connectivity index (χ4v) is 1.83. The van der Waals surface area contributed by atoms with Crippen molar-refractivity contribution >= 4 is 0 Å². The average Bonchev–Trinajstić information content (AvgIpc) is 2.42. The topological polar surface area (TPSA) is 43.4 Å². The number of benzene rings is 1. The summed E-state index contributed by atoms with van der Waals surface area (Å²) < 4.78 is 11.0. The average molecular weight is 258 g/mol. The maximum Gasteiger partial charge on any atom is 0.134 e. The Morgan fingerprint density at radius 1 is 1.26 bits per heavy atom. The van der Waals surface area contributed by atoms with Crippen LogP contribution in [0.4, 0.5) is 0 Å². The molecule has 0 bridgehead atoms. The molecule has 0 unspecified atom stereocenters. The quantitative estimate of drug-likeness (QED) is 0.865. The van der Waals surface area contributed by atoms with E-state index in [9.17, 15) is 0 Å². The van der Waals surface area contributed by atoms with Crippen LogP contribution in [0.3, 0.4) is 0 Å². The molecule has 0 aliphatic heterocycles. The minimum atomic E-state index is 0.580. The monoisotopic (exact) mass is 258 g/mol. The molecule has 1 aromatic heterocycles. The Morgan fingerprint density at radius 2 is 2.16 bits per heavy atom. The number of hydrogen-bond donors (Lipinski definition) is 1. The maximum absolute atomic E-state index is 5.91. The highest BCUT2D eigenvalue weighted by Gasteiger charge is 2.04. The molecule has 0 fully saturated rings. The van der Waals surface area contributed by atoms with Gasteiger partial charge in [0.2, 0.25) is 0 Å². The second-order valence-electron chi connectivity index (χ2n) is 4.20. The number of nitrogens with zero attached hydrogens (tertiary/aromatic N) is 1. The highest BCUT2D eigenvalue weighted by Crippen LogP contribution is 2.25. The summed E-state index contributed by atoms with van der Waals surface area (Å²) in [6, 6.07) is 9.76. The van der Waals surface area contributed by atoms with E-state index < -0.39 is 0 Å². The van der Waals surface area contributed by atoms with Gasteiger partial charge in [-0.3, -0.25) is 4.98 Å². The Balaban J connectivity index is 2.18. The van der Waals surface area contributed by atoms with Crippen molar-refractivity contribution in [1.82, 2.24) is 10.3 Å². The van der Waals surface area contributed by atoms with E-state index in [0.29, 0.717) is 6.61 Å². The third-order valence-electron chi connectivity index (χ3n) is 2.66. The van der Waals surface area contributed by atoms with Crippen molar-refractivity contribution in [2.24, 2.45) is 0 Å². The van der Waals surface area contributed by atoms with Crippen LogP contribution in [0.5, 0.6) is 11.5 Å². The molecule has 1 aromatic carbocycles. The first kappa shape index (κ1) is 13.5. The molecule has 100 valence electrons. The van der Waals surface area contributed by atoms with E-state index in [1.54, 1.807) is 13.3 Å². The summed E-state index contributed by atoms with van der Waals surface area (Å²) in [5.74, 6) is 1.62. The van der Waals surface area contributed by atoms with E-state index in [1.807, 2.05) is 43.6 Å². The van der Waals surface area contributed by atoms with E-state index in [-0.39, 0.29) is 0 Å². The molecular formula is C15H18N2O2. The molecule has 0 aliphatic rings. The van der Waals surface area contributed by atoms with E-state index >= 15 is 0 Å². The number of hydrogen-bond acceptors (Lipinski definition) is 4. The Morgan fingerprint density at radius 3 is 2.95 bits per heavy atom. The van der Waals surface area contributed by atoms with E-state index in [0.717, 1.165) is 29.2 Å². The fraction of sp³-hybridized carbons (Fsp3) is 0.267. The van der Waals surface area contributed by atoms with Gasteiger partial charge < -0.3 is 14.8 Å². The number of rotatable bonds is 6. The number of methoxy groups -OCH3 is 1. The summed E-state index contributed by atoms with van der Waals surface area (Å²) in [4.78, 5) is 4.11. The number of aromatic nitrogens is 1. The van der Waals surface area contributed by atoms with Gasteiger partial charge in [-0.05, 0) is 30.8 Å². The zero-order valence-electron chi connectivity index (χ0n) is 11.2. The number of pyridine rings is 1. The largest absolute Gasteiger partial charge is 0.457 e. The van der Waals surface area contributed by atoms with Crippen molar-refractivity contribution in [3.63, 3.8) is 0 Å². The zero-order chi connectivity index (χ0) is 13.5. The SMILES string of the molecule is CNCc1cnccc1Oc1cccc(COC)c1. The normalized spacial score (nSPS) is 10.4. The summed E-state index contributed by atoms with van der Waals surface area (Å²) >= 11 is 0. The van der Waals surface area contributed by atoms with Crippen LogP contribution < -0.4 is 10.1 Å². The van der Waals surface area contributed by atoms with Crippen LogP contribution >= 0.6 is 0 Å². The Labute approximate surface area is 113 Å². The molecule has 4 nitrogen and oxygen atoms in total. The van der Waals surface area contributed by atoms with Gasteiger partial charge in [-0.1, -0.05) is 12.1 Å². The van der Waals surface area contributed by atoms with Gasteiger partial charge in [0.15, 0.2) is 0 Å². The van der Waals surface area contributed by atoms with Crippen LogP contribution in [0.15, 0.2) is 42.7 Å². The van der Waals surface area contributed by atoms with Crippen molar-refractivity contribution < 1.29 is 9.47 Å². The molecular weight excluding hydrogens is 240 g/mol. The molecule has 0 radical (unpaired) electrons. The van der Waals surface area contributed by atoms with E-state index in [1.165, 1.54) is 0 Å². The first-order chi connectivity index (χ1) is 9.33. The van der Waals surface area contributed by atoms with Crippen molar-refractivity contribution in [3.8, 4) is 11.5 Å². The highest BCUT2D eigenvalue weighted by molar-refractivity contribution is 5.37. The van der Waals surface area contributed by atoms with Gasteiger partial charge in [0, 0.05) is 31.6 Å². The molecule has 0 saturated carbocycles. The van der Waals surface area contributed by atoms with Crippen molar-refractivity contribution in [2.45, 2.75) is 13.2 Å². The minimum absolute atomic E-state index is 0.580. The number of nitrogens with one attached hydrogen (secondary N) is 1. The van der Waals surface area contributed by atoms with Gasteiger partial charge in [-0.25, -0.2) is 0 Å².